The molecule has 6 heteroatoms. The normalized spacial score (nSPS) is 22.3. The Hall–Kier alpha value is -0.690. The van der Waals surface area contributed by atoms with Gasteiger partial charge in [-0.15, -0.1) is 0 Å². The van der Waals surface area contributed by atoms with E-state index >= 15 is 0 Å². The first-order valence-electron chi connectivity index (χ1n) is 6.92. The van der Waals surface area contributed by atoms with Crippen molar-refractivity contribution in [2.24, 2.45) is 0 Å². The topological polar surface area (TPSA) is 79.2 Å². The molecule has 0 aromatic heterocycles. The molecule has 1 fully saturated rings. The van der Waals surface area contributed by atoms with Crippen molar-refractivity contribution >= 4 is 5.97 Å². The minimum absolute atomic E-state index is 0.0451. The first-order valence-corrected chi connectivity index (χ1v) is 6.92. The number of hydrogen-bond acceptors (Lipinski definition) is 5. The van der Waals surface area contributed by atoms with E-state index in [9.17, 15) is 9.90 Å². The van der Waals surface area contributed by atoms with Crippen LogP contribution in [0.2, 0.25) is 0 Å². The summed E-state index contributed by atoms with van der Waals surface area (Å²) >= 11 is 0. The molecule has 0 radical (unpaired) electrons. The summed E-state index contributed by atoms with van der Waals surface area (Å²) in [5.74, 6) is -0.839. The summed E-state index contributed by atoms with van der Waals surface area (Å²) in [6.07, 6.45) is 1.53. The molecule has 0 aliphatic carbocycles. The number of carbonyl (C=O) groups is 1. The molecular formula is C13H25NO5. The Kier molecular flexibility index (Phi) is 7.97. The van der Waals surface area contributed by atoms with Gasteiger partial charge in [0.15, 0.2) is 0 Å². The maximum absolute atomic E-state index is 10.8. The second kappa shape index (κ2) is 9.25. The maximum Gasteiger partial charge on any atom is 0.305 e. The van der Waals surface area contributed by atoms with E-state index in [-0.39, 0.29) is 12.5 Å². The molecule has 2 unspecified atom stereocenters. The zero-order valence-electron chi connectivity index (χ0n) is 11.6. The van der Waals surface area contributed by atoms with E-state index in [1.165, 1.54) is 0 Å². The van der Waals surface area contributed by atoms with Gasteiger partial charge < -0.3 is 19.7 Å². The fourth-order valence-corrected chi connectivity index (χ4v) is 2.11. The standard InChI is InChI=1S/C13H25NO5/c1-2-3-5-18-10-12(15)8-14-4-6-19-9-11(14)7-13(16)17/h11-12,15H,2-10H2,1H3,(H,16,17). The Bertz CT molecular complexity index is 261. The number of morpholine rings is 1. The summed E-state index contributed by atoms with van der Waals surface area (Å²) in [6.45, 7) is 5.14. The Morgan fingerprint density at radius 1 is 1.58 bits per heavy atom. The fourth-order valence-electron chi connectivity index (χ4n) is 2.11. The molecule has 0 saturated carbocycles. The summed E-state index contributed by atoms with van der Waals surface area (Å²) in [7, 11) is 0. The van der Waals surface area contributed by atoms with Crippen LogP contribution in [0.3, 0.4) is 0 Å². The Morgan fingerprint density at radius 3 is 3.05 bits per heavy atom. The SMILES string of the molecule is CCCCOCC(O)CN1CCOCC1CC(=O)O. The number of nitrogens with zero attached hydrogens (tertiary/aromatic N) is 1. The van der Waals surface area contributed by atoms with Gasteiger partial charge in [-0.05, 0) is 6.42 Å². The molecule has 0 amide bonds. The molecule has 112 valence electrons. The Morgan fingerprint density at radius 2 is 2.37 bits per heavy atom. The number of carboxylic acids is 1. The molecule has 6 nitrogen and oxygen atoms in total. The van der Waals surface area contributed by atoms with Gasteiger partial charge in [-0.2, -0.15) is 0 Å². The summed E-state index contributed by atoms with van der Waals surface area (Å²) in [5.41, 5.74) is 0. The minimum atomic E-state index is -0.839. The average Bonchev–Trinajstić information content (AvgIpc) is 2.36. The molecular weight excluding hydrogens is 250 g/mol. The highest BCUT2D eigenvalue weighted by atomic mass is 16.5. The highest BCUT2D eigenvalue weighted by molar-refractivity contribution is 5.67. The third-order valence-corrected chi connectivity index (χ3v) is 3.16. The number of rotatable bonds is 9. The lowest BCUT2D eigenvalue weighted by molar-refractivity contribution is -0.140. The van der Waals surface area contributed by atoms with Gasteiger partial charge in [0.1, 0.15) is 0 Å². The third kappa shape index (κ3) is 6.87. The van der Waals surface area contributed by atoms with Crippen LogP contribution >= 0.6 is 0 Å². The van der Waals surface area contributed by atoms with Crippen LogP contribution in [0.25, 0.3) is 0 Å². The summed E-state index contributed by atoms with van der Waals surface area (Å²) in [4.78, 5) is 12.8. The van der Waals surface area contributed by atoms with E-state index in [0.717, 1.165) is 12.8 Å². The summed E-state index contributed by atoms with van der Waals surface area (Å²) < 4.78 is 10.7. The molecule has 19 heavy (non-hydrogen) atoms. The van der Waals surface area contributed by atoms with Gasteiger partial charge >= 0.3 is 5.97 Å². The molecule has 2 N–H and O–H groups in total. The molecule has 2 atom stereocenters. The van der Waals surface area contributed by atoms with Crippen LogP contribution in [-0.4, -0.2) is 72.7 Å². The van der Waals surface area contributed by atoms with E-state index in [1.54, 1.807) is 0 Å². The number of hydrogen-bond donors (Lipinski definition) is 2. The molecule has 1 heterocycles. The van der Waals surface area contributed by atoms with Gasteiger partial charge in [-0.1, -0.05) is 13.3 Å². The predicted octanol–water partition coefficient (Wildman–Crippen LogP) is 0.340. The van der Waals surface area contributed by atoms with Crippen molar-refractivity contribution < 1.29 is 24.5 Å². The molecule has 0 aromatic rings. The lowest BCUT2D eigenvalue weighted by atomic mass is 10.1. The van der Waals surface area contributed by atoms with Crippen molar-refractivity contribution in [1.82, 2.24) is 4.90 Å². The van der Waals surface area contributed by atoms with Crippen molar-refractivity contribution in [3.63, 3.8) is 0 Å². The number of aliphatic hydroxyl groups excluding tert-OH is 1. The van der Waals surface area contributed by atoms with Crippen molar-refractivity contribution in [3.05, 3.63) is 0 Å². The molecule has 1 saturated heterocycles. The first-order chi connectivity index (χ1) is 9.13. The monoisotopic (exact) mass is 275 g/mol. The van der Waals surface area contributed by atoms with Crippen LogP contribution in [0, 0.1) is 0 Å². The second-order valence-corrected chi connectivity index (χ2v) is 4.90. The minimum Gasteiger partial charge on any atom is -0.481 e. The smallest absolute Gasteiger partial charge is 0.305 e. The van der Waals surface area contributed by atoms with Crippen LogP contribution in [0.1, 0.15) is 26.2 Å². The zero-order chi connectivity index (χ0) is 14.1. The van der Waals surface area contributed by atoms with Gasteiger partial charge in [-0.3, -0.25) is 9.69 Å². The van der Waals surface area contributed by atoms with E-state index in [1.807, 2.05) is 4.90 Å². The van der Waals surface area contributed by atoms with E-state index in [2.05, 4.69) is 6.92 Å². The molecule has 0 spiro atoms. The number of aliphatic carboxylic acids is 1. The van der Waals surface area contributed by atoms with Gasteiger partial charge in [-0.25, -0.2) is 0 Å². The number of aliphatic hydroxyl groups is 1. The van der Waals surface area contributed by atoms with Gasteiger partial charge in [0.05, 0.1) is 32.3 Å². The lowest BCUT2D eigenvalue weighted by Gasteiger charge is -2.35. The van der Waals surface area contributed by atoms with E-state index in [0.29, 0.717) is 39.5 Å². The van der Waals surface area contributed by atoms with Crippen molar-refractivity contribution in [2.45, 2.75) is 38.3 Å². The van der Waals surface area contributed by atoms with Crippen LogP contribution in [0.5, 0.6) is 0 Å². The van der Waals surface area contributed by atoms with Gasteiger partial charge in [0.25, 0.3) is 0 Å². The van der Waals surface area contributed by atoms with Crippen LogP contribution in [-0.2, 0) is 14.3 Å². The number of unbranched alkanes of at least 4 members (excludes halogenated alkanes) is 1. The largest absolute Gasteiger partial charge is 0.481 e. The Labute approximate surface area is 114 Å². The van der Waals surface area contributed by atoms with Crippen molar-refractivity contribution in [1.29, 1.82) is 0 Å². The van der Waals surface area contributed by atoms with Crippen LogP contribution < -0.4 is 0 Å². The number of ether oxygens (including phenoxy) is 2. The fraction of sp³-hybridized carbons (Fsp3) is 0.923. The lowest BCUT2D eigenvalue weighted by Crippen LogP contribution is -2.50. The van der Waals surface area contributed by atoms with Gasteiger partial charge in [0.2, 0.25) is 0 Å². The number of carboxylic acid groups (broad SMARTS) is 1. The quantitative estimate of drug-likeness (QED) is 0.591. The molecule has 0 aromatic carbocycles. The van der Waals surface area contributed by atoms with Gasteiger partial charge in [0, 0.05) is 25.7 Å². The van der Waals surface area contributed by atoms with Crippen molar-refractivity contribution in [2.75, 3.05) is 39.5 Å². The zero-order valence-corrected chi connectivity index (χ0v) is 11.6. The average molecular weight is 275 g/mol. The summed E-state index contributed by atoms with van der Waals surface area (Å²) in [6, 6.07) is -0.156. The maximum atomic E-state index is 10.8. The van der Waals surface area contributed by atoms with Crippen LogP contribution in [0.4, 0.5) is 0 Å². The Balaban J connectivity index is 2.28. The van der Waals surface area contributed by atoms with E-state index in [4.69, 9.17) is 14.6 Å². The molecule has 0 bridgehead atoms. The summed E-state index contributed by atoms with van der Waals surface area (Å²) in [5, 5.41) is 18.7. The van der Waals surface area contributed by atoms with Crippen LogP contribution in [0.15, 0.2) is 0 Å². The molecule has 1 aliphatic heterocycles. The predicted molar refractivity (Wildman–Crippen MR) is 70.2 cm³/mol. The molecule has 1 aliphatic rings. The third-order valence-electron chi connectivity index (χ3n) is 3.16. The highest BCUT2D eigenvalue weighted by Crippen LogP contribution is 2.11. The van der Waals surface area contributed by atoms with E-state index < -0.39 is 12.1 Å². The first kappa shape index (κ1) is 16.4. The highest BCUT2D eigenvalue weighted by Gasteiger charge is 2.26. The molecule has 1 rings (SSSR count). The van der Waals surface area contributed by atoms with Crippen molar-refractivity contribution in [3.8, 4) is 0 Å². The number of β-amino-alcohol motifs (C(OH)–C–C–N with tert-alkyl or cyclic N) is 1. The second-order valence-electron chi connectivity index (χ2n) is 4.90.